The normalized spacial score (nSPS) is 22.0. The minimum absolute atomic E-state index is 0.0191. The number of carbonyl (C=O) groups excluding carboxylic acids is 1. The van der Waals surface area contributed by atoms with E-state index in [1.54, 1.807) is 7.11 Å². The summed E-state index contributed by atoms with van der Waals surface area (Å²) in [6.07, 6.45) is 1.56. The summed E-state index contributed by atoms with van der Waals surface area (Å²) in [6.45, 7) is 4.91. The monoisotopic (exact) mass is 453 g/mol. The Bertz CT molecular complexity index is 1000. The number of rotatable bonds is 9. The molecule has 1 unspecified atom stereocenters. The average molecular weight is 454 g/mol. The second kappa shape index (κ2) is 9.83. The van der Waals surface area contributed by atoms with Crippen LogP contribution >= 0.6 is 0 Å². The first-order valence-corrected chi connectivity index (χ1v) is 11.5. The van der Waals surface area contributed by atoms with Crippen LogP contribution in [-0.2, 0) is 9.59 Å². The molecule has 2 aliphatic heterocycles. The highest BCUT2D eigenvalue weighted by atomic mass is 16.7. The number of benzene rings is 2. The summed E-state index contributed by atoms with van der Waals surface area (Å²) in [4.78, 5) is 27.7. The van der Waals surface area contributed by atoms with Gasteiger partial charge in [0.2, 0.25) is 6.79 Å². The van der Waals surface area contributed by atoms with Crippen LogP contribution < -0.4 is 14.2 Å². The second-order valence-corrected chi connectivity index (χ2v) is 8.71. The first-order chi connectivity index (χ1) is 16.0. The number of methoxy groups -OCH3 is 1. The zero-order valence-electron chi connectivity index (χ0n) is 19.3. The molecule has 4 rings (SSSR count). The molecule has 0 radical (unpaired) electrons. The van der Waals surface area contributed by atoms with Gasteiger partial charge in [0.05, 0.1) is 19.6 Å². The summed E-state index contributed by atoms with van der Waals surface area (Å²) >= 11 is 0. The fourth-order valence-electron chi connectivity index (χ4n) is 5.15. The number of Topliss-reactive ketones (excluding diaryl/α,β-unsaturated/α-hetero) is 1. The van der Waals surface area contributed by atoms with E-state index in [9.17, 15) is 14.7 Å². The molecule has 2 heterocycles. The molecule has 0 spiro atoms. The number of carbonyl (C=O) groups is 2. The number of likely N-dealkylation sites (tertiary alicyclic amines) is 1. The summed E-state index contributed by atoms with van der Waals surface area (Å²) < 4.78 is 16.2. The Labute approximate surface area is 194 Å². The standard InChI is InChI=1S/C26H31NO6/c1-4-16(5-2)21(28)14-27-13-20(18-8-11-22-23(12-18)33-15-32-22)24(26(29)30)25(27)17-6-9-19(31-3)10-7-17/h6-12,16,20,24-25H,4-5,13-15H2,1-3H3,(H,29,30)/t20?,24-,25+/m0/s1. The quantitative estimate of drug-likeness (QED) is 0.607. The molecule has 0 aliphatic carbocycles. The molecule has 0 amide bonds. The number of ketones is 1. The molecule has 1 saturated heterocycles. The second-order valence-electron chi connectivity index (χ2n) is 8.71. The zero-order chi connectivity index (χ0) is 23.5. The maximum atomic E-state index is 13.1. The third-order valence-corrected chi connectivity index (χ3v) is 6.97. The molecule has 2 aromatic carbocycles. The van der Waals surface area contributed by atoms with Crippen molar-refractivity contribution in [3.63, 3.8) is 0 Å². The lowest BCUT2D eigenvalue weighted by Gasteiger charge is -2.28. The van der Waals surface area contributed by atoms with Crippen LogP contribution in [-0.4, -0.2) is 48.8 Å². The zero-order valence-corrected chi connectivity index (χ0v) is 19.3. The van der Waals surface area contributed by atoms with Crippen molar-refractivity contribution >= 4 is 11.8 Å². The van der Waals surface area contributed by atoms with Gasteiger partial charge >= 0.3 is 5.97 Å². The van der Waals surface area contributed by atoms with Gasteiger partial charge < -0.3 is 19.3 Å². The molecule has 1 fully saturated rings. The minimum Gasteiger partial charge on any atom is -0.497 e. The van der Waals surface area contributed by atoms with E-state index in [4.69, 9.17) is 14.2 Å². The van der Waals surface area contributed by atoms with Gasteiger partial charge in [0, 0.05) is 24.4 Å². The minimum atomic E-state index is -0.879. The third kappa shape index (κ3) is 4.55. The summed E-state index contributed by atoms with van der Waals surface area (Å²) in [5, 5.41) is 10.3. The summed E-state index contributed by atoms with van der Waals surface area (Å²) in [5.74, 6) is 0.252. The summed E-state index contributed by atoms with van der Waals surface area (Å²) in [5.41, 5.74) is 1.74. The van der Waals surface area contributed by atoms with Gasteiger partial charge in [-0.15, -0.1) is 0 Å². The molecule has 2 aliphatic rings. The van der Waals surface area contributed by atoms with E-state index < -0.39 is 17.9 Å². The van der Waals surface area contributed by atoms with E-state index in [2.05, 4.69) is 0 Å². The van der Waals surface area contributed by atoms with Crippen LogP contribution in [0.15, 0.2) is 42.5 Å². The summed E-state index contributed by atoms with van der Waals surface area (Å²) in [6, 6.07) is 12.7. The fraction of sp³-hybridized carbons (Fsp3) is 0.462. The van der Waals surface area contributed by atoms with Crippen molar-refractivity contribution < 1.29 is 28.9 Å². The molecule has 0 aromatic heterocycles. The lowest BCUT2D eigenvalue weighted by atomic mass is 9.82. The van der Waals surface area contributed by atoms with Crippen LogP contribution in [0.4, 0.5) is 0 Å². The molecule has 33 heavy (non-hydrogen) atoms. The lowest BCUT2D eigenvalue weighted by molar-refractivity contribution is -0.143. The smallest absolute Gasteiger partial charge is 0.309 e. The molecule has 1 N–H and O–H groups in total. The predicted octanol–water partition coefficient (Wildman–Crippen LogP) is 4.27. The largest absolute Gasteiger partial charge is 0.497 e. The Kier molecular flexibility index (Phi) is 6.88. The van der Waals surface area contributed by atoms with Crippen molar-refractivity contribution in [2.45, 2.75) is 38.6 Å². The van der Waals surface area contributed by atoms with Crippen LogP contribution in [0.25, 0.3) is 0 Å². The van der Waals surface area contributed by atoms with Crippen molar-refractivity contribution in [1.29, 1.82) is 0 Å². The molecule has 0 saturated carbocycles. The Morgan fingerprint density at radius 3 is 2.36 bits per heavy atom. The van der Waals surface area contributed by atoms with Crippen molar-refractivity contribution in [3.8, 4) is 17.2 Å². The number of hydrogen-bond donors (Lipinski definition) is 1. The highest BCUT2D eigenvalue weighted by Crippen LogP contribution is 2.47. The number of carboxylic acids is 1. The number of carboxylic acid groups (broad SMARTS) is 1. The number of ether oxygens (including phenoxy) is 3. The summed E-state index contributed by atoms with van der Waals surface area (Å²) in [7, 11) is 1.60. The molecule has 7 nitrogen and oxygen atoms in total. The number of hydrogen-bond acceptors (Lipinski definition) is 6. The van der Waals surface area contributed by atoms with Crippen molar-refractivity contribution in [2.75, 3.05) is 27.0 Å². The van der Waals surface area contributed by atoms with Gasteiger partial charge in [-0.3, -0.25) is 14.5 Å². The maximum absolute atomic E-state index is 13.1. The van der Waals surface area contributed by atoms with Crippen molar-refractivity contribution in [3.05, 3.63) is 53.6 Å². The Hall–Kier alpha value is -3.06. The Balaban J connectivity index is 1.72. The van der Waals surface area contributed by atoms with Crippen LogP contribution in [0.2, 0.25) is 0 Å². The first kappa shape index (κ1) is 23.1. The van der Waals surface area contributed by atoms with Gasteiger partial charge in [0.15, 0.2) is 11.5 Å². The number of fused-ring (bicyclic) bond motifs is 1. The number of aliphatic carboxylic acids is 1. The molecule has 2 aromatic rings. The highest BCUT2D eigenvalue weighted by Gasteiger charge is 2.48. The molecule has 7 heteroatoms. The van der Waals surface area contributed by atoms with Gasteiger partial charge in [-0.2, -0.15) is 0 Å². The van der Waals surface area contributed by atoms with Gasteiger partial charge in [0.25, 0.3) is 0 Å². The third-order valence-electron chi connectivity index (χ3n) is 6.97. The van der Waals surface area contributed by atoms with Gasteiger partial charge in [-0.05, 0) is 48.2 Å². The molecular formula is C26H31NO6. The van der Waals surface area contributed by atoms with Crippen LogP contribution in [0.5, 0.6) is 17.2 Å². The number of nitrogens with zero attached hydrogens (tertiary/aromatic N) is 1. The molecule has 3 atom stereocenters. The Morgan fingerprint density at radius 2 is 1.73 bits per heavy atom. The topological polar surface area (TPSA) is 85.3 Å². The van der Waals surface area contributed by atoms with Crippen molar-refractivity contribution in [2.24, 2.45) is 11.8 Å². The SMILES string of the molecule is CCC(CC)C(=O)CN1CC(c2ccc3c(c2)OCO3)[C@H](C(=O)O)[C@H]1c1ccc(OC)cc1. The van der Waals surface area contributed by atoms with Gasteiger partial charge in [0.1, 0.15) is 11.5 Å². The molecule has 176 valence electrons. The van der Waals surface area contributed by atoms with E-state index in [0.717, 1.165) is 24.0 Å². The van der Waals surface area contributed by atoms with E-state index in [1.165, 1.54) is 0 Å². The van der Waals surface area contributed by atoms with E-state index >= 15 is 0 Å². The lowest BCUT2D eigenvalue weighted by Crippen LogP contribution is -2.35. The van der Waals surface area contributed by atoms with Crippen LogP contribution in [0, 0.1) is 11.8 Å². The maximum Gasteiger partial charge on any atom is 0.309 e. The van der Waals surface area contributed by atoms with E-state index in [1.807, 2.05) is 61.2 Å². The van der Waals surface area contributed by atoms with Crippen LogP contribution in [0.3, 0.4) is 0 Å². The van der Waals surface area contributed by atoms with Crippen LogP contribution in [0.1, 0.15) is 49.8 Å². The predicted molar refractivity (Wildman–Crippen MR) is 123 cm³/mol. The van der Waals surface area contributed by atoms with E-state index in [-0.39, 0.29) is 31.0 Å². The highest BCUT2D eigenvalue weighted by molar-refractivity contribution is 5.83. The molecular weight excluding hydrogens is 422 g/mol. The Morgan fingerprint density at radius 1 is 1.06 bits per heavy atom. The fourth-order valence-corrected chi connectivity index (χ4v) is 5.15. The molecule has 0 bridgehead atoms. The average Bonchev–Trinajstić information content (AvgIpc) is 3.44. The first-order valence-electron chi connectivity index (χ1n) is 11.5. The van der Waals surface area contributed by atoms with Gasteiger partial charge in [-0.1, -0.05) is 32.0 Å². The van der Waals surface area contributed by atoms with E-state index in [0.29, 0.717) is 23.8 Å². The van der Waals surface area contributed by atoms with Crippen molar-refractivity contribution in [1.82, 2.24) is 4.90 Å². The van der Waals surface area contributed by atoms with Gasteiger partial charge in [-0.25, -0.2) is 0 Å².